The highest BCUT2D eigenvalue weighted by molar-refractivity contribution is 7.09. The van der Waals surface area contributed by atoms with Gasteiger partial charge in [-0.1, -0.05) is 11.6 Å². The number of benzene rings is 2. The summed E-state index contributed by atoms with van der Waals surface area (Å²) in [6, 6.07) is 10.7. The van der Waals surface area contributed by atoms with E-state index in [0.29, 0.717) is 38.6 Å². The van der Waals surface area contributed by atoms with Crippen LogP contribution in [0.15, 0.2) is 51.1 Å². The number of nitrogens with zero attached hydrogens (tertiary/aromatic N) is 2. The maximum Gasteiger partial charge on any atom is 0.209 e. The number of Topliss-reactive ketones (excluding diaryl/α,β-unsaturated/α-hetero) is 1. The first kappa shape index (κ1) is 19.4. The maximum absolute atomic E-state index is 13.7. The summed E-state index contributed by atoms with van der Waals surface area (Å²) in [6.45, 7) is 1.91. The van der Waals surface area contributed by atoms with Crippen LogP contribution < -0.4 is 14.9 Å². The molecule has 5 rings (SSSR count). The minimum Gasteiger partial charge on any atom is -0.497 e. The molecule has 1 aliphatic carbocycles. The van der Waals surface area contributed by atoms with Gasteiger partial charge < -0.3 is 13.9 Å². The summed E-state index contributed by atoms with van der Waals surface area (Å²) in [5.41, 5.74) is 3.64. The van der Waals surface area contributed by atoms with Gasteiger partial charge in [-0.15, -0.1) is 21.5 Å². The van der Waals surface area contributed by atoms with Crippen LogP contribution in [0.2, 0.25) is 0 Å². The number of fused-ring (bicyclic) bond motifs is 2. The number of carbonyl (C=O) groups is 1. The molecule has 0 radical (unpaired) electrons. The van der Waals surface area contributed by atoms with Crippen molar-refractivity contribution in [3.8, 4) is 11.5 Å². The SMILES string of the molecule is COc1ccc(OC)c([C@H]2c3c(oc4ccc(C)cc4c3=O)C(=O)[C@H]2c2nncs2)c1. The second-order valence-corrected chi connectivity index (χ2v) is 8.24. The smallest absolute Gasteiger partial charge is 0.209 e. The van der Waals surface area contributed by atoms with Crippen LogP contribution >= 0.6 is 11.3 Å². The van der Waals surface area contributed by atoms with E-state index in [1.54, 1.807) is 50.1 Å². The molecule has 0 N–H and O–H groups in total. The van der Waals surface area contributed by atoms with Crippen LogP contribution in [0.5, 0.6) is 11.5 Å². The van der Waals surface area contributed by atoms with Crippen LogP contribution in [0, 0.1) is 6.92 Å². The monoisotopic (exact) mass is 434 g/mol. The van der Waals surface area contributed by atoms with Crippen molar-refractivity contribution in [3.05, 3.63) is 79.6 Å². The lowest BCUT2D eigenvalue weighted by molar-refractivity contribution is 0.0945. The molecule has 8 heteroatoms. The molecule has 31 heavy (non-hydrogen) atoms. The van der Waals surface area contributed by atoms with Gasteiger partial charge in [-0.3, -0.25) is 9.59 Å². The van der Waals surface area contributed by atoms with Crippen molar-refractivity contribution >= 4 is 28.1 Å². The molecule has 2 heterocycles. The lowest BCUT2D eigenvalue weighted by atomic mass is 9.84. The fourth-order valence-electron chi connectivity index (χ4n) is 4.24. The van der Waals surface area contributed by atoms with Crippen LogP contribution in [0.1, 0.15) is 44.1 Å². The number of methoxy groups -OCH3 is 2. The fourth-order valence-corrected chi connectivity index (χ4v) is 4.92. The van der Waals surface area contributed by atoms with Crippen LogP contribution in [0.25, 0.3) is 11.0 Å². The van der Waals surface area contributed by atoms with E-state index < -0.39 is 11.8 Å². The number of rotatable bonds is 4. The Morgan fingerprint density at radius 3 is 2.58 bits per heavy atom. The molecule has 0 aliphatic heterocycles. The van der Waals surface area contributed by atoms with Gasteiger partial charge in [-0.2, -0.15) is 0 Å². The molecule has 1 aliphatic rings. The molecule has 0 unspecified atom stereocenters. The van der Waals surface area contributed by atoms with Crippen molar-refractivity contribution in [1.82, 2.24) is 10.2 Å². The van der Waals surface area contributed by atoms with E-state index in [1.807, 2.05) is 13.0 Å². The quantitative estimate of drug-likeness (QED) is 0.478. The Balaban J connectivity index is 1.86. The zero-order valence-corrected chi connectivity index (χ0v) is 17.9. The van der Waals surface area contributed by atoms with Gasteiger partial charge in [0, 0.05) is 11.5 Å². The Bertz CT molecular complexity index is 1380. The van der Waals surface area contributed by atoms with E-state index in [9.17, 15) is 9.59 Å². The van der Waals surface area contributed by atoms with Crippen LogP contribution in [-0.2, 0) is 0 Å². The fraction of sp³-hybridized carbons (Fsp3) is 0.217. The molecular formula is C23H18N2O5S. The third-order valence-corrected chi connectivity index (χ3v) is 6.42. The Kier molecular flexibility index (Phi) is 4.59. The summed E-state index contributed by atoms with van der Waals surface area (Å²) in [5, 5.41) is 9.02. The average molecular weight is 434 g/mol. The standard InChI is InChI=1S/C23H18N2O5S/c1-11-4-6-16-14(8-11)20(26)18-17(13-9-12(28-2)5-7-15(13)29-3)19(21(27)22(18)30-16)23-25-24-10-31-23/h4-10,17,19H,1-3H3/t17-,19-/m0/s1. The highest BCUT2D eigenvalue weighted by atomic mass is 32.1. The summed E-state index contributed by atoms with van der Waals surface area (Å²) in [4.78, 5) is 27.2. The third kappa shape index (κ3) is 2.94. The predicted molar refractivity (Wildman–Crippen MR) is 116 cm³/mol. The van der Waals surface area contributed by atoms with Gasteiger partial charge in [0.2, 0.25) is 5.78 Å². The zero-order valence-electron chi connectivity index (χ0n) is 17.0. The molecule has 4 aromatic rings. The normalized spacial score (nSPS) is 17.7. The number of aryl methyl sites for hydroxylation is 1. The van der Waals surface area contributed by atoms with E-state index in [1.165, 1.54) is 11.3 Å². The van der Waals surface area contributed by atoms with Gasteiger partial charge in [-0.25, -0.2) is 0 Å². The molecule has 0 spiro atoms. The van der Waals surface area contributed by atoms with Crippen molar-refractivity contribution in [1.29, 1.82) is 0 Å². The van der Waals surface area contributed by atoms with E-state index in [-0.39, 0.29) is 17.0 Å². The second-order valence-electron chi connectivity index (χ2n) is 7.38. The van der Waals surface area contributed by atoms with Gasteiger partial charge in [0.15, 0.2) is 11.2 Å². The molecule has 156 valence electrons. The predicted octanol–water partition coefficient (Wildman–Crippen LogP) is 4.08. The molecule has 7 nitrogen and oxygen atoms in total. The molecule has 0 saturated carbocycles. The molecule has 2 atom stereocenters. The number of ketones is 1. The maximum atomic E-state index is 13.7. The Morgan fingerprint density at radius 1 is 1.03 bits per heavy atom. The molecule has 0 saturated heterocycles. The van der Waals surface area contributed by atoms with E-state index in [4.69, 9.17) is 13.9 Å². The highest BCUT2D eigenvalue weighted by Crippen LogP contribution is 2.50. The summed E-state index contributed by atoms with van der Waals surface area (Å²) in [5.74, 6) is -0.462. The van der Waals surface area contributed by atoms with Gasteiger partial charge in [0.1, 0.15) is 27.6 Å². The Labute approximate surface area is 181 Å². The minimum atomic E-state index is -0.738. The summed E-state index contributed by atoms with van der Waals surface area (Å²) < 4.78 is 17.0. The first-order chi connectivity index (χ1) is 15.0. The van der Waals surface area contributed by atoms with Gasteiger partial charge in [0.05, 0.1) is 31.1 Å². The van der Waals surface area contributed by atoms with E-state index in [0.717, 1.165) is 5.56 Å². The van der Waals surface area contributed by atoms with Gasteiger partial charge in [0.25, 0.3) is 0 Å². The first-order valence-electron chi connectivity index (χ1n) is 9.63. The Morgan fingerprint density at radius 2 is 1.87 bits per heavy atom. The van der Waals surface area contributed by atoms with Crippen molar-refractivity contribution in [3.63, 3.8) is 0 Å². The average Bonchev–Trinajstić information content (AvgIpc) is 3.40. The molecule has 2 aromatic heterocycles. The van der Waals surface area contributed by atoms with Gasteiger partial charge in [-0.05, 0) is 37.3 Å². The topological polar surface area (TPSA) is 91.5 Å². The van der Waals surface area contributed by atoms with E-state index in [2.05, 4.69) is 10.2 Å². The highest BCUT2D eigenvalue weighted by Gasteiger charge is 2.48. The first-order valence-corrected chi connectivity index (χ1v) is 10.5. The van der Waals surface area contributed by atoms with Gasteiger partial charge >= 0.3 is 0 Å². The molecule has 2 aromatic carbocycles. The third-order valence-electron chi connectivity index (χ3n) is 5.65. The Hall–Kier alpha value is -3.52. The lowest BCUT2D eigenvalue weighted by Gasteiger charge is -2.20. The zero-order chi connectivity index (χ0) is 21.7. The van der Waals surface area contributed by atoms with Crippen LogP contribution in [0.3, 0.4) is 0 Å². The second kappa shape index (κ2) is 7.31. The molecular weight excluding hydrogens is 416 g/mol. The summed E-state index contributed by atoms with van der Waals surface area (Å²) >= 11 is 1.27. The van der Waals surface area contributed by atoms with Crippen molar-refractivity contribution in [2.75, 3.05) is 14.2 Å². The molecule has 0 amide bonds. The molecule has 0 bridgehead atoms. The number of ether oxygens (including phenoxy) is 2. The number of hydrogen-bond donors (Lipinski definition) is 0. The lowest BCUT2D eigenvalue weighted by Crippen LogP contribution is -2.17. The van der Waals surface area contributed by atoms with Crippen molar-refractivity contribution in [2.45, 2.75) is 18.8 Å². The van der Waals surface area contributed by atoms with Crippen LogP contribution in [-0.4, -0.2) is 30.2 Å². The van der Waals surface area contributed by atoms with Crippen molar-refractivity contribution in [2.24, 2.45) is 0 Å². The van der Waals surface area contributed by atoms with Crippen LogP contribution in [0.4, 0.5) is 0 Å². The molecule has 0 fully saturated rings. The summed E-state index contributed by atoms with van der Waals surface area (Å²) in [6.07, 6.45) is 0. The van der Waals surface area contributed by atoms with E-state index >= 15 is 0 Å². The summed E-state index contributed by atoms with van der Waals surface area (Å²) in [7, 11) is 3.11. The number of hydrogen-bond acceptors (Lipinski definition) is 8. The minimum absolute atomic E-state index is 0.0661. The number of carbonyl (C=O) groups excluding carboxylic acids is 1. The van der Waals surface area contributed by atoms with Crippen molar-refractivity contribution < 1.29 is 18.7 Å². The largest absolute Gasteiger partial charge is 0.497 e. The number of aromatic nitrogens is 2.